The summed E-state index contributed by atoms with van der Waals surface area (Å²) in [5, 5.41) is 0. The fraction of sp³-hybridized carbons (Fsp3) is 0.538. The van der Waals surface area contributed by atoms with E-state index in [4.69, 9.17) is 5.73 Å². The van der Waals surface area contributed by atoms with Crippen molar-refractivity contribution in [2.75, 3.05) is 18.0 Å². The molecule has 0 fully saturated rings. The Kier molecular flexibility index (Phi) is 5.17. The van der Waals surface area contributed by atoms with Gasteiger partial charge in [-0.1, -0.05) is 0 Å². The monoisotopic (exact) mass is 278 g/mol. The van der Waals surface area contributed by atoms with E-state index in [-0.39, 0.29) is 11.7 Å². The van der Waals surface area contributed by atoms with Crippen molar-refractivity contribution in [2.45, 2.75) is 32.5 Å². The molecule has 2 N–H and O–H groups in total. The zero-order chi connectivity index (χ0) is 14.6. The molecule has 2 nitrogen and oxygen atoms in total. The molecule has 0 amide bonds. The van der Waals surface area contributed by atoms with Crippen LogP contribution in [0, 0.1) is 5.82 Å². The third-order valence-corrected chi connectivity index (χ3v) is 2.81. The average Bonchev–Trinajstić information content (AvgIpc) is 2.29. The van der Waals surface area contributed by atoms with Gasteiger partial charge in [-0.2, -0.15) is 13.2 Å². The van der Waals surface area contributed by atoms with Gasteiger partial charge in [-0.05, 0) is 45.0 Å². The Hall–Kier alpha value is -1.30. The zero-order valence-corrected chi connectivity index (χ0v) is 11.0. The number of rotatable bonds is 5. The van der Waals surface area contributed by atoms with Gasteiger partial charge in [0.1, 0.15) is 5.82 Å². The van der Waals surface area contributed by atoms with E-state index in [0.717, 1.165) is 6.07 Å². The maximum Gasteiger partial charge on any atom is 0.416 e. The molecule has 0 radical (unpaired) electrons. The van der Waals surface area contributed by atoms with Gasteiger partial charge in [0.2, 0.25) is 0 Å². The summed E-state index contributed by atoms with van der Waals surface area (Å²) in [6.07, 6.45) is -3.88. The maximum atomic E-state index is 13.8. The highest BCUT2D eigenvalue weighted by molar-refractivity contribution is 5.50. The third-order valence-electron chi connectivity index (χ3n) is 2.81. The summed E-state index contributed by atoms with van der Waals surface area (Å²) in [6.45, 7) is 4.67. The summed E-state index contributed by atoms with van der Waals surface area (Å²) in [5.41, 5.74) is 4.61. The van der Waals surface area contributed by atoms with E-state index < -0.39 is 17.6 Å². The predicted molar refractivity (Wildman–Crippen MR) is 67.6 cm³/mol. The average molecular weight is 278 g/mol. The number of alkyl halides is 3. The number of anilines is 1. The lowest BCUT2D eigenvalue weighted by Crippen LogP contribution is -2.33. The minimum atomic E-state index is -4.53. The lowest BCUT2D eigenvalue weighted by Gasteiger charge is -2.29. The number of halogens is 4. The molecule has 0 saturated heterocycles. The summed E-state index contributed by atoms with van der Waals surface area (Å²) in [7, 11) is 0. The molecule has 108 valence electrons. The molecule has 1 rings (SSSR count). The van der Waals surface area contributed by atoms with Crippen LogP contribution in [0.4, 0.5) is 23.2 Å². The highest BCUT2D eigenvalue weighted by atomic mass is 19.4. The number of nitrogens with two attached hydrogens (primary N) is 1. The van der Waals surface area contributed by atoms with E-state index in [1.807, 2.05) is 13.8 Å². The van der Waals surface area contributed by atoms with Gasteiger partial charge in [0.15, 0.2) is 0 Å². The number of nitrogens with zero attached hydrogens (tertiary/aromatic N) is 1. The second-order valence-electron chi connectivity index (χ2n) is 4.59. The molecule has 0 bridgehead atoms. The van der Waals surface area contributed by atoms with Crippen molar-refractivity contribution < 1.29 is 17.6 Å². The first-order valence-electron chi connectivity index (χ1n) is 6.10. The lowest BCUT2D eigenvalue weighted by molar-refractivity contribution is -0.137. The van der Waals surface area contributed by atoms with E-state index in [9.17, 15) is 17.6 Å². The smallest absolute Gasteiger partial charge is 0.367 e. The van der Waals surface area contributed by atoms with Gasteiger partial charge in [-0.3, -0.25) is 0 Å². The van der Waals surface area contributed by atoms with E-state index >= 15 is 0 Å². The first-order chi connectivity index (χ1) is 8.77. The van der Waals surface area contributed by atoms with Crippen molar-refractivity contribution in [3.05, 3.63) is 29.6 Å². The molecule has 0 aliphatic rings. The Balaban J connectivity index is 3.05. The van der Waals surface area contributed by atoms with Crippen molar-refractivity contribution in [1.29, 1.82) is 0 Å². The quantitative estimate of drug-likeness (QED) is 0.836. The summed E-state index contributed by atoms with van der Waals surface area (Å²) in [5.74, 6) is -0.861. The van der Waals surface area contributed by atoms with Gasteiger partial charge in [0, 0.05) is 12.6 Å². The number of hydrogen-bond acceptors (Lipinski definition) is 2. The fourth-order valence-electron chi connectivity index (χ4n) is 1.83. The molecule has 0 heterocycles. The minimum Gasteiger partial charge on any atom is -0.367 e. The molecule has 6 heteroatoms. The summed E-state index contributed by atoms with van der Waals surface area (Å²) >= 11 is 0. The van der Waals surface area contributed by atoms with Crippen LogP contribution >= 0.6 is 0 Å². The topological polar surface area (TPSA) is 29.3 Å². The Morgan fingerprint density at radius 1 is 1.26 bits per heavy atom. The normalized spacial score (nSPS) is 12.0. The Morgan fingerprint density at radius 3 is 2.32 bits per heavy atom. The van der Waals surface area contributed by atoms with E-state index in [1.165, 1.54) is 6.07 Å². The van der Waals surface area contributed by atoms with Crippen molar-refractivity contribution in [2.24, 2.45) is 5.73 Å². The number of benzene rings is 1. The van der Waals surface area contributed by atoms with Crippen LogP contribution in [-0.2, 0) is 6.18 Å². The molecule has 0 saturated carbocycles. The number of hydrogen-bond donors (Lipinski definition) is 1. The predicted octanol–water partition coefficient (Wildman–Crippen LogP) is 3.41. The summed E-state index contributed by atoms with van der Waals surface area (Å²) < 4.78 is 51.2. The standard InChI is InChI=1S/C13H18F4N2/c1-9(2)19(7-3-6-18)12-5-4-10(8-11(12)14)13(15,16)17/h4-5,8-9H,3,6-7,18H2,1-2H3. The molecule has 0 aliphatic carbocycles. The lowest BCUT2D eigenvalue weighted by atomic mass is 10.1. The first-order valence-corrected chi connectivity index (χ1v) is 6.10. The molecule has 0 aromatic heterocycles. The van der Waals surface area contributed by atoms with Crippen molar-refractivity contribution in [3.63, 3.8) is 0 Å². The van der Waals surface area contributed by atoms with Crippen molar-refractivity contribution >= 4 is 5.69 Å². The van der Waals surface area contributed by atoms with Crippen LogP contribution in [0.1, 0.15) is 25.8 Å². The molecule has 0 unspecified atom stereocenters. The molecular weight excluding hydrogens is 260 g/mol. The largest absolute Gasteiger partial charge is 0.416 e. The van der Waals surface area contributed by atoms with E-state index in [1.54, 1.807) is 4.90 Å². The van der Waals surface area contributed by atoms with Crippen LogP contribution < -0.4 is 10.6 Å². The second kappa shape index (κ2) is 6.23. The van der Waals surface area contributed by atoms with Crippen molar-refractivity contribution in [3.8, 4) is 0 Å². The molecule has 19 heavy (non-hydrogen) atoms. The van der Waals surface area contributed by atoms with E-state index in [2.05, 4.69) is 0 Å². The molecule has 1 aromatic carbocycles. The van der Waals surface area contributed by atoms with Gasteiger partial charge in [0.05, 0.1) is 11.3 Å². The van der Waals surface area contributed by atoms with E-state index in [0.29, 0.717) is 25.6 Å². The molecule has 0 aliphatic heterocycles. The van der Waals surface area contributed by atoms with Gasteiger partial charge in [0.25, 0.3) is 0 Å². The first kappa shape index (κ1) is 15.8. The molecular formula is C13H18F4N2. The fourth-order valence-corrected chi connectivity index (χ4v) is 1.83. The molecule has 0 spiro atoms. The highest BCUT2D eigenvalue weighted by Crippen LogP contribution is 2.32. The minimum absolute atomic E-state index is 0.0159. The summed E-state index contributed by atoms with van der Waals surface area (Å²) in [6, 6.07) is 2.59. The van der Waals surface area contributed by atoms with Gasteiger partial charge < -0.3 is 10.6 Å². The van der Waals surface area contributed by atoms with Crippen LogP contribution in [-0.4, -0.2) is 19.1 Å². The van der Waals surface area contributed by atoms with Crippen LogP contribution in [0.3, 0.4) is 0 Å². The van der Waals surface area contributed by atoms with Crippen LogP contribution in [0.5, 0.6) is 0 Å². The van der Waals surface area contributed by atoms with Gasteiger partial charge in [-0.15, -0.1) is 0 Å². The van der Waals surface area contributed by atoms with Gasteiger partial charge >= 0.3 is 6.18 Å². The summed E-state index contributed by atoms with van der Waals surface area (Å²) in [4.78, 5) is 1.71. The Morgan fingerprint density at radius 2 is 1.89 bits per heavy atom. The van der Waals surface area contributed by atoms with Crippen LogP contribution in [0.15, 0.2) is 18.2 Å². The van der Waals surface area contributed by atoms with Crippen LogP contribution in [0.25, 0.3) is 0 Å². The highest BCUT2D eigenvalue weighted by Gasteiger charge is 2.31. The zero-order valence-electron chi connectivity index (χ0n) is 11.0. The maximum absolute atomic E-state index is 13.8. The van der Waals surface area contributed by atoms with Crippen LogP contribution in [0.2, 0.25) is 0 Å². The van der Waals surface area contributed by atoms with Gasteiger partial charge in [-0.25, -0.2) is 4.39 Å². The Labute approximate surface area is 110 Å². The molecule has 1 aromatic rings. The Bertz CT molecular complexity index is 416. The third kappa shape index (κ3) is 4.09. The van der Waals surface area contributed by atoms with Crippen molar-refractivity contribution in [1.82, 2.24) is 0 Å². The second-order valence-corrected chi connectivity index (χ2v) is 4.59. The SMILES string of the molecule is CC(C)N(CCCN)c1ccc(C(F)(F)F)cc1F. The molecule has 0 atom stereocenters.